The number of rotatable bonds is 5. The number of benzene rings is 2. The SMILES string of the molecule is Cc1ccc(NCC(=O)NNC(=O)Cc2c(F)cccc2Cl)c(C)c1. The first-order valence-electron chi connectivity index (χ1n) is 7.68. The van der Waals surface area contributed by atoms with Crippen molar-refractivity contribution >= 4 is 29.1 Å². The third-order valence-corrected chi connectivity index (χ3v) is 3.92. The van der Waals surface area contributed by atoms with Crippen LogP contribution < -0.4 is 16.2 Å². The van der Waals surface area contributed by atoms with Crippen LogP contribution in [0, 0.1) is 19.7 Å². The van der Waals surface area contributed by atoms with E-state index in [0.717, 1.165) is 16.8 Å². The molecule has 0 atom stereocenters. The van der Waals surface area contributed by atoms with Crippen LogP contribution in [0.25, 0.3) is 0 Å². The maximum atomic E-state index is 13.6. The number of hydrogen-bond donors (Lipinski definition) is 3. The molecule has 0 saturated carbocycles. The van der Waals surface area contributed by atoms with E-state index >= 15 is 0 Å². The summed E-state index contributed by atoms with van der Waals surface area (Å²) in [5.41, 5.74) is 7.59. The van der Waals surface area contributed by atoms with Gasteiger partial charge in [0.1, 0.15) is 5.82 Å². The topological polar surface area (TPSA) is 70.2 Å². The molecule has 0 bridgehead atoms. The molecule has 2 aromatic carbocycles. The molecule has 0 aliphatic carbocycles. The number of carbonyl (C=O) groups is 2. The summed E-state index contributed by atoms with van der Waals surface area (Å²) in [4.78, 5) is 23.6. The Labute approximate surface area is 150 Å². The second-order valence-electron chi connectivity index (χ2n) is 5.65. The van der Waals surface area contributed by atoms with E-state index in [0.29, 0.717) is 0 Å². The zero-order valence-corrected chi connectivity index (χ0v) is 14.7. The Balaban J connectivity index is 1.80. The summed E-state index contributed by atoms with van der Waals surface area (Å²) in [6.07, 6.45) is -0.268. The van der Waals surface area contributed by atoms with Crippen LogP contribution in [0.5, 0.6) is 0 Å². The summed E-state index contributed by atoms with van der Waals surface area (Å²) in [6, 6.07) is 10.0. The quantitative estimate of drug-likeness (QED) is 0.715. The van der Waals surface area contributed by atoms with Crippen LogP contribution in [0.3, 0.4) is 0 Å². The van der Waals surface area contributed by atoms with E-state index in [-0.39, 0.29) is 23.6 Å². The summed E-state index contributed by atoms with van der Waals surface area (Å²) in [7, 11) is 0. The highest BCUT2D eigenvalue weighted by molar-refractivity contribution is 6.31. The zero-order chi connectivity index (χ0) is 18.4. The molecule has 5 nitrogen and oxygen atoms in total. The van der Waals surface area contributed by atoms with Crippen LogP contribution in [0.15, 0.2) is 36.4 Å². The molecule has 0 heterocycles. The number of aryl methyl sites for hydroxylation is 2. The third-order valence-electron chi connectivity index (χ3n) is 3.56. The van der Waals surface area contributed by atoms with Gasteiger partial charge in [0.15, 0.2) is 0 Å². The number of carbonyl (C=O) groups excluding carboxylic acids is 2. The van der Waals surface area contributed by atoms with Crippen molar-refractivity contribution in [3.63, 3.8) is 0 Å². The van der Waals surface area contributed by atoms with Crippen molar-refractivity contribution in [3.8, 4) is 0 Å². The molecule has 7 heteroatoms. The number of anilines is 1. The number of amides is 2. The molecule has 3 N–H and O–H groups in total. The predicted molar refractivity (Wildman–Crippen MR) is 95.8 cm³/mol. The number of nitrogens with one attached hydrogen (secondary N) is 3. The second-order valence-corrected chi connectivity index (χ2v) is 6.05. The molecule has 0 saturated heterocycles. The summed E-state index contributed by atoms with van der Waals surface area (Å²) in [5.74, 6) is -1.55. The van der Waals surface area contributed by atoms with Gasteiger partial charge in [0.25, 0.3) is 5.91 Å². The van der Waals surface area contributed by atoms with Gasteiger partial charge < -0.3 is 5.32 Å². The van der Waals surface area contributed by atoms with Gasteiger partial charge in [-0.2, -0.15) is 0 Å². The van der Waals surface area contributed by atoms with Gasteiger partial charge in [-0.3, -0.25) is 20.4 Å². The first-order valence-corrected chi connectivity index (χ1v) is 8.06. The van der Waals surface area contributed by atoms with E-state index in [1.165, 1.54) is 18.2 Å². The van der Waals surface area contributed by atoms with Crippen LogP contribution >= 0.6 is 11.6 Å². The fourth-order valence-electron chi connectivity index (χ4n) is 2.28. The summed E-state index contributed by atoms with van der Waals surface area (Å²) in [6.45, 7) is 3.92. The highest BCUT2D eigenvalue weighted by Crippen LogP contribution is 2.19. The van der Waals surface area contributed by atoms with Crippen molar-refractivity contribution in [2.45, 2.75) is 20.3 Å². The Bertz CT molecular complexity index is 776. The molecule has 0 spiro atoms. The van der Waals surface area contributed by atoms with Gasteiger partial charge in [0.2, 0.25) is 5.91 Å². The Hall–Kier alpha value is -2.60. The van der Waals surface area contributed by atoms with Gasteiger partial charge >= 0.3 is 0 Å². The molecule has 2 rings (SSSR count). The Morgan fingerprint density at radius 1 is 1.08 bits per heavy atom. The van der Waals surface area contributed by atoms with Crippen LogP contribution in [0.1, 0.15) is 16.7 Å². The first-order chi connectivity index (χ1) is 11.9. The third kappa shape index (κ3) is 5.46. The molecular weight excluding hydrogens is 345 g/mol. The maximum absolute atomic E-state index is 13.6. The molecule has 0 aromatic heterocycles. The van der Waals surface area contributed by atoms with Gasteiger partial charge in [0, 0.05) is 16.3 Å². The van der Waals surface area contributed by atoms with Gasteiger partial charge in [-0.25, -0.2) is 4.39 Å². The Kier molecular flexibility index (Phi) is 6.36. The van der Waals surface area contributed by atoms with Crippen molar-refractivity contribution in [2.75, 3.05) is 11.9 Å². The molecule has 0 fully saturated rings. The minimum Gasteiger partial charge on any atom is -0.376 e. The van der Waals surface area contributed by atoms with Crippen molar-refractivity contribution in [2.24, 2.45) is 0 Å². The summed E-state index contributed by atoms with van der Waals surface area (Å²) in [5, 5.41) is 3.15. The average Bonchev–Trinajstić information content (AvgIpc) is 2.55. The average molecular weight is 364 g/mol. The van der Waals surface area contributed by atoms with E-state index in [1.54, 1.807) is 0 Å². The molecule has 0 aliphatic rings. The van der Waals surface area contributed by atoms with Gasteiger partial charge in [-0.15, -0.1) is 0 Å². The molecule has 25 heavy (non-hydrogen) atoms. The van der Waals surface area contributed by atoms with Crippen molar-refractivity contribution in [1.29, 1.82) is 0 Å². The van der Waals surface area contributed by atoms with Gasteiger partial charge in [0.05, 0.1) is 13.0 Å². The maximum Gasteiger partial charge on any atom is 0.257 e. The molecular formula is C18H19ClFN3O2. The van der Waals surface area contributed by atoms with Crippen LogP contribution in [0.4, 0.5) is 10.1 Å². The fraction of sp³-hybridized carbons (Fsp3) is 0.222. The molecule has 132 valence electrons. The van der Waals surface area contributed by atoms with Gasteiger partial charge in [-0.1, -0.05) is 35.4 Å². The lowest BCUT2D eigenvalue weighted by atomic mass is 10.1. The van der Waals surface area contributed by atoms with Crippen LogP contribution in [-0.4, -0.2) is 18.4 Å². The minimum absolute atomic E-state index is 0.00929. The fourth-order valence-corrected chi connectivity index (χ4v) is 2.51. The lowest BCUT2D eigenvalue weighted by molar-refractivity contribution is -0.127. The van der Waals surface area contributed by atoms with E-state index in [9.17, 15) is 14.0 Å². The Morgan fingerprint density at radius 2 is 1.80 bits per heavy atom. The normalized spacial score (nSPS) is 10.2. The summed E-state index contributed by atoms with van der Waals surface area (Å²) >= 11 is 5.86. The Morgan fingerprint density at radius 3 is 2.48 bits per heavy atom. The largest absolute Gasteiger partial charge is 0.376 e. The number of halogens is 2. The highest BCUT2D eigenvalue weighted by atomic mass is 35.5. The smallest absolute Gasteiger partial charge is 0.257 e. The predicted octanol–water partition coefficient (Wildman–Crippen LogP) is 2.90. The molecule has 2 amide bonds. The number of hydrazine groups is 1. The number of hydrogen-bond acceptors (Lipinski definition) is 3. The van der Waals surface area contributed by atoms with E-state index < -0.39 is 17.6 Å². The van der Waals surface area contributed by atoms with Crippen molar-refractivity contribution in [1.82, 2.24) is 10.9 Å². The lowest BCUT2D eigenvalue weighted by Gasteiger charge is -2.11. The van der Waals surface area contributed by atoms with E-state index in [4.69, 9.17) is 11.6 Å². The van der Waals surface area contributed by atoms with E-state index in [2.05, 4.69) is 16.2 Å². The lowest BCUT2D eigenvalue weighted by Crippen LogP contribution is -2.44. The van der Waals surface area contributed by atoms with Gasteiger partial charge in [-0.05, 0) is 37.6 Å². The van der Waals surface area contributed by atoms with E-state index in [1.807, 2.05) is 32.0 Å². The molecule has 0 radical (unpaired) electrons. The van der Waals surface area contributed by atoms with Crippen LogP contribution in [0.2, 0.25) is 5.02 Å². The van der Waals surface area contributed by atoms with Crippen LogP contribution in [-0.2, 0) is 16.0 Å². The molecule has 0 unspecified atom stereocenters. The second kappa shape index (κ2) is 8.48. The standard InChI is InChI=1S/C18H19ClFN3O2/c1-11-6-7-16(12(2)8-11)21-10-18(25)23-22-17(24)9-13-14(19)4-3-5-15(13)20/h3-8,21H,9-10H2,1-2H3,(H,22,24)(H,23,25). The van der Waals surface area contributed by atoms with Crippen molar-refractivity contribution in [3.05, 3.63) is 63.9 Å². The summed E-state index contributed by atoms with van der Waals surface area (Å²) < 4.78 is 13.6. The molecule has 0 aliphatic heterocycles. The highest BCUT2D eigenvalue weighted by Gasteiger charge is 2.12. The minimum atomic E-state index is -0.564. The molecule has 2 aromatic rings. The first kappa shape index (κ1) is 18.7. The van der Waals surface area contributed by atoms with Crippen molar-refractivity contribution < 1.29 is 14.0 Å². The monoisotopic (exact) mass is 363 g/mol. The zero-order valence-electron chi connectivity index (χ0n) is 14.0.